The van der Waals surface area contributed by atoms with E-state index >= 15 is 0 Å². The maximum Gasteiger partial charge on any atom is 0.137 e. The Hall–Kier alpha value is -1.76. The molecule has 0 N–H and O–H groups in total. The largest absolute Gasteiger partial charge is 0.379 e. The lowest BCUT2D eigenvalue weighted by molar-refractivity contribution is -0.123. The molecule has 1 heterocycles. The third-order valence-corrected chi connectivity index (χ3v) is 5.06. The molecular weight excluding hydrogens is 470 g/mol. The molecule has 1 aromatic rings. The molecule has 0 unspecified atom stereocenters. The van der Waals surface area contributed by atoms with E-state index in [9.17, 15) is 9.59 Å². The van der Waals surface area contributed by atoms with Gasteiger partial charge in [0, 0.05) is 24.7 Å². The number of carbonyl (C=O) groups excluding carboxylic acids is 2. The molecule has 0 aliphatic rings. The third-order valence-electron chi connectivity index (χ3n) is 5.06. The smallest absolute Gasteiger partial charge is 0.137 e. The van der Waals surface area contributed by atoms with E-state index in [1.165, 1.54) is 0 Å². The van der Waals surface area contributed by atoms with Gasteiger partial charge in [-0.05, 0) is 0 Å². The van der Waals surface area contributed by atoms with Gasteiger partial charge in [0.1, 0.15) is 17.3 Å². The molecule has 0 bridgehead atoms. The van der Waals surface area contributed by atoms with E-state index in [2.05, 4.69) is 10.3 Å². The maximum absolute atomic E-state index is 11.5. The molecule has 0 saturated carbocycles. The third kappa shape index (κ3) is 17.6. The predicted octanol–water partition coefficient (Wildman–Crippen LogP) is 2.11. The molecule has 0 aromatic carbocycles. The molecule has 11 nitrogen and oxygen atoms in total. The fraction of sp³-hybridized carbons (Fsp3) is 0.840. The maximum atomic E-state index is 11.5. The Balaban J connectivity index is 1.87. The number of hydrogen-bond acceptors (Lipinski definition) is 10. The Morgan fingerprint density at radius 1 is 0.667 bits per heavy atom. The van der Waals surface area contributed by atoms with Crippen LogP contribution < -0.4 is 0 Å². The normalized spacial score (nSPS) is 11.6. The zero-order valence-corrected chi connectivity index (χ0v) is 22.4. The zero-order chi connectivity index (χ0) is 26.4. The van der Waals surface area contributed by atoms with Crippen LogP contribution in [-0.2, 0) is 51.2 Å². The van der Waals surface area contributed by atoms with Gasteiger partial charge in [0.05, 0.1) is 92.0 Å². The molecule has 0 fully saturated rings. The molecule has 11 heteroatoms. The summed E-state index contributed by atoms with van der Waals surface area (Å²) in [5.74, 6) is 0.540. The van der Waals surface area contributed by atoms with Crippen molar-refractivity contribution in [2.75, 3.05) is 72.7 Å². The standard InChI is InChI=1S/C25H45N3O8/c1-21(2)24(29)5-8-31-11-13-33-10-7-28-19-23(26-27-28)20-36-18-17-35-16-15-34-14-12-32-9-6-25(30)22(3)4/h19,21-22H,5-18,20H2,1-4H3. The number of hydrogen-bond donors (Lipinski definition) is 0. The SMILES string of the molecule is CC(C)C(=O)CCOCCOCCOCCOCc1cn(CCOCCOCCC(=O)C(C)C)nn1. The average Bonchev–Trinajstić information content (AvgIpc) is 3.30. The number of ether oxygens (including phenoxy) is 6. The summed E-state index contributed by atoms with van der Waals surface area (Å²) in [5.41, 5.74) is 0.742. The molecule has 36 heavy (non-hydrogen) atoms. The van der Waals surface area contributed by atoms with E-state index in [-0.39, 0.29) is 23.4 Å². The van der Waals surface area contributed by atoms with Crippen LogP contribution in [0, 0.1) is 11.8 Å². The van der Waals surface area contributed by atoms with Gasteiger partial charge >= 0.3 is 0 Å². The van der Waals surface area contributed by atoms with Crippen LogP contribution in [0.15, 0.2) is 6.20 Å². The minimum absolute atomic E-state index is 0.0539. The number of aromatic nitrogens is 3. The Morgan fingerprint density at radius 3 is 1.56 bits per heavy atom. The van der Waals surface area contributed by atoms with E-state index in [1.807, 2.05) is 33.9 Å². The lowest BCUT2D eigenvalue weighted by atomic mass is 10.1. The lowest BCUT2D eigenvalue weighted by Gasteiger charge is -2.07. The van der Waals surface area contributed by atoms with E-state index in [4.69, 9.17) is 28.4 Å². The molecule has 0 atom stereocenters. The Labute approximate surface area is 215 Å². The molecule has 208 valence electrons. The first-order valence-corrected chi connectivity index (χ1v) is 12.8. The summed E-state index contributed by atoms with van der Waals surface area (Å²) in [6.45, 7) is 13.6. The molecule has 0 amide bonds. The molecule has 1 aromatic heterocycles. The number of nitrogens with zero attached hydrogens (tertiary/aromatic N) is 3. The Morgan fingerprint density at radius 2 is 1.08 bits per heavy atom. The highest BCUT2D eigenvalue weighted by molar-refractivity contribution is 5.80. The fourth-order valence-corrected chi connectivity index (χ4v) is 2.75. The van der Waals surface area contributed by atoms with Gasteiger partial charge in [-0.15, -0.1) is 5.10 Å². The Bertz CT molecular complexity index is 697. The van der Waals surface area contributed by atoms with E-state index < -0.39 is 0 Å². The van der Waals surface area contributed by atoms with Gasteiger partial charge in [-0.3, -0.25) is 9.59 Å². The summed E-state index contributed by atoms with van der Waals surface area (Å²) in [4.78, 5) is 22.9. The molecule has 1 rings (SSSR count). The molecule has 0 aliphatic heterocycles. The van der Waals surface area contributed by atoms with Crippen molar-refractivity contribution >= 4 is 11.6 Å². The van der Waals surface area contributed by atoms with Crippen LogP contribution in [0.5, 0.6) is 0 Å². The second-order valence-corrected chi connectivity index (χ2v) is 8.83. The van der Waals surface area contributed by atoms with E-state index in [0.717, 1.165) is 5.69 Å². The summed E-state index contributed by atoms with van der Waals surface area (Å²) >= 11 is 0. The first-order valence-electron chi connectivity index (χ1n) is 12.8. The first kappa shape index (κ1) is 32.3. The molecular formula is C25H45N3O8. The van der Waals surface area contributed by atoms with Crippen LogP contribution in [0.4, 0.5) is 0 Å². The van der Waals surface area contributed by atoms with Crippen LogP contribution in [0.1, 0.15) is 46.2 Å². The first-order chi connectivity index (χ1) is 17.4. The van der Waals surface area contributed by atoms with Crippen LogP contribution in [0.3, 0.4) is 0 Å². The van der Waals surface area contributed by atoms with Crippen molar-refractivity contribution in [2.45, 2.75) is 53.7 Å². The summed E-state index contributed by atoms with van der Waals surface area (Å²) < 4.78 is 34.4. The van der Waals surface area contributed by atoms with Gasteiger partial charge in [0.25, 0.3) is 0 Å². The summed E-state index contributed by atoms with van der Waals surface area (Å²) in [6.07, 6.45) is 2.72. The number of Topliss-reactive ketones (excluding diaryl/α,β-unsaturated/α-hetero) is 2. The molecule has 0 saturated heterocycles. The van der Waals surface area contributed by atoms with Gasteiger partial charge in [-0.25, -0.2) is 4.68 Å². The van der Waals surface area contributed by atoms with Crippen molar-refractivity contribution in [2.24, 2.45) is 11.8 Å². The predicted molar refractivity (Wildman–Crippen MR) is 133 cm³/mol. The van der Waals surface area contributed by atoms with Crippen molar-refractivity contribution in [3.63, 3.8) is 0 Å². The highest BCUT2D eigenvalue weighted by Crippen LogP contribution is 2.00. The molecule has 0 aliphatic carbocycles. The van der Waals surface area contributed by atoms with Crippen molar-refractivity contribution in [3.05, 3.63) is 11.9 Å². The van der Waals surface area contributed by atoms with Gasteiger partial charge < -0.3 is 28.4 Å². The van der Waals surface area contributed by atoms with Gasteiger partial charge in [0.2, 0.25) is 0 Å². The summed E-state index contributed by atoms with van der Waals surface area (Å²) in [5, 5.41) is 8.13. The highest BCUT2D eigenvalue weighted by atomic mass is 16.6. The second kappa shape index (κ2) is 21.3. The minimum atomic E-state index is 0.0539. The number of carbonyl (C=O) groups is 2. The van der Waals surface area contributed by atoms with Crippen LogP contribution in [0.2, 0.25) is 0 Å². The van der Waals surface area contributed by atoms with Crippen molar-refractivity contribution in [1.82, 2.24) is 15.0 Å². The molecule has 0 radical (unpaired) electrons. The summed E-state index contributed by atoms with van der Waals surface area (Å²) in [6, 6.07) is 0. The lowest BCUT2D eigenvalue weighted by Crippen LogP contribution is -2.14. The van der Waals surface area contributed by atoms with Gasteiger partial charge in [0.15, 0.2) is 0 Å². The summed E-state index contributed by atoms with van der Waals surface area (Å²) in [7, 11) is 0. The van der Waals surface area contributed by atoms with E-state index in [1.54, 1.807) is 4.68 Å². The molecule has 0 spiro atoms. The van der Waals surface area contributed by atoms with Crippen LogP contribution in [0.25, 0.3) is 0 Å². The Kier molecular flexibility index (Phi) is 19.1. The van der Waals surface area contributed by atoms with E-state index in [0.29, 0.717) is 98.7 Å². The number of rotatable bonds is 25. The van der Waals surface area contributed by atoms with Crippen LogP contribution >= 0.6 is 0 Å². The monoisotopic (exact) mass is 515 g/mol. The van der Waals surface area contributed by atoms with Crippen molar-refractivity contribution < 1.29 is 38.0 Å². The topological polar surface area (TPSA) is 120 Å². The van der Waals surface area contributed by atoms with Crippen molar-refractivity contribution in [3.8, 4) is 0 Å². The zero-order valence-electron chi connectivity index (χ0n) is 22.4. The quantitative estimate of drug-likeness (QED) is 0.179. The highest BCUT2D eigenvalue weighted by Gasteiger charge is 2.07. The second-order valence-electron chi connectivity index (χ2n) is 8.83. The minimum Gasteiger partial charge on any atom is -0.379 e. The number of ketones is 2. The van der Waals surface area contributed by atoms with Gasteiger partial charge in [-0.2, -0.15) is 0 Å². The fourth-order valence-electron chi connectivity index (χ4n) is 2.75. The van der Waals surface area contributed by atoms with Gasteiger partial charge in [-0.1, -0.05) is 32.9 Å². The van der Waals surface area contributed by atoms with Crippen LogP contribution in [-0.4, -0.2) is 99.2 Å². The van der Waals surface area contributed by atoms with Crippen molar-refractivity contribution in [1.29, 1.82) is 0 Å². The average molecular weight is 516 g/mol.